The molecule has 0 aliphatic carbocycles. The predicted octanol–water partition coefficient (Wildman–Crippen LogP) is 0.715. The van der Waals surface area contributed by atoms with Crippen LogP contribution in [0.25, 0.3) is 0 Å². The third kappa shape index (κ3) is 2.38. The van der Waals surface area contributed by atoms with Crippen molar-refractivity contribution in [3.63, 3.8) is 0 Å². The van der Waals surface area contributed by atoms with Crippen molar-refractivity contribution in [3.05, 3.63) is 47.1 Å². The van der Waals surface area contributed by atoms with E-state index in [9.17, 15) is 19.1 Å². The van der Waals surface area contributed by atoms with Gasteiger partial charge in [-0.2, -0.15) is 0 Å². The van der Waals surface area contributed by atoms with E-state index in [2.05, 4.69) is 5.32 Å². The van der Waals surface area contributed by atoms with Gasteiger partial charge in [0.15, 0.2) is 5.70 Å². The van der Waals surface area contributed by atoms with Gasteiger partial charge in [-0.25, -0.2) is 4.39 Å². The van der Waals surface area contributed by atoms with Crippen LogP contribution in [0.5, 0.6) is 0 Å². The smallest absolute Gasteiger partial charge is 0.290 e. The van der Waals surface area contributed by atoms with Gasteiger partial charge in [0.25, 0.3) is 11.8 Å². The predicted molar refractivity (Wildman–Crippen MR) is 75.8 cm³/mol. The van der Waals surface area contributed by atoms with Crippen LogP contribution in [0.2, 0.25) is 0 Å². The summed E-state index contributed by atoms with van der Waals surface area (Å²) in [6.07, 6.45) is -0.338. The number of carbonyl (C=O) groups excluding carboxylic acids is 2. The van der Waals surface area contributed by atoms with Gasteiger partial charge in [0.2, 0.25) is 5.76 Å². The van der Waals surface area contributed by atoms with Crippen LogP contribution in [0.15, 0.2) is 35.7 Å². The fraction of sp³-hybridized carbons (Fsp3) is 0.333. The van der Waals surface area contributed by atoms with E-state index in [-0.39, 0.29) is 17.7 Å². The van der Waals surface area contributed by atoms with E-state index in [4.69, 9.17) is 0 Å². The highest BCUT2D eigenvalue weighted by molar-refractivity contribution is 6.04. The zero-order valence-electron chi connectivity index (χ0n) is 12.0. The SMILES string of the molecule is CC1NC(=O)C(O)=C2C(=O)N(Cc3ccc(F)cc3)CCN21. The minimum atomic E-state index is -0.643. The molecule has 0 bridgehead atoms. The van der Waals surface area contributed by atoms with Gasteiger partial charge in [-0.15, -0.1) is 0 Å². The molecule has 2 amide bonds. The van der Waals surface area contributed by atoms with Gasteiger partial charge in [0.1, 0.15) is 5.82 Å². The number of aliphatic hydroxyl groups excluding tert-OH is 1. The molecule has 1 unspecified atom stereocenters. The standard InChI is InChI=1S/C15H16FN3O3/c1-9-17-14(21)13(20)12-15(22)18(6-7-19(9)12)8-10-2-4-11(16)5-3-10/h2-5,9,20H,6-8H2,1H3,(H,17,21). The monoisotopic (exact) mass is 305 g/mol. The zero-order chi connectivity index (χ0) is 15.9. The van der Waals surface area contributed by atoms with Crippen molar-refractivity contribution in [1.82, 2.24) is 15.1 Å². The van der Waals surface area contributed by atoms with E-state index < -0.39 is 17.6 Å². The van der Waals surface area contributed by atoms with Crippen LogP contribution in [0.4, 0.5) is 4.39 Å². The van der Waals surface area contributed by atoms with Crippen molar-refractivity contribution in [2.24, 2.45) is 0 Å². The number of halogens is 1. The molecule has 1 aromatic rings. The Morgan fingerprint density at radius 3 is 2.64 bits per heavy atom. The number of amides is 2. The van der Waals surface area contributed by atoms with E-state index in [0.29, 0.717) is 19.6 Å². The van der Waals surface area contributed by atoms with E-state index in [1.165, 1.54) is 12.1 Å². The first-order valence-corrected chi connectivity index (χ1v) is 7.02. The van der Waals surface area contributed by atoms with Crippen LogP contribution < -0.4 is 5.32 Å². The molecule has 22 heavy (non-hydrogen) atoms. The highest BCUT2D eigenvalue weighted by atomic mass is 19.1. The molecule has 1 atom stereocenters. The number of fused-ring (bicyclic) bond motifs is 1. The van der Waals surface area contributed by atoms with Crippen molar-refractivity contribution >= 4 is 11.8 Å². The Kier molecular flexibility index (Phi) is 3.48. The molecule has 116 valence electrons. The maximum absolute atomic E-state index is 12.9. The van der Waals surface area contributed by atoms with Gasteiger partial charge >= 0.3 is 0 Å². The van der Waals surface area contributed by atoms with Gasteiger partial charge in [-0.3, -0.25) is 9.59 Å². The number of nitrogens with one attached hydrogen (secondary N) is 1. The molecule has 0 saturated carbocycles. The Morgan fingerprint density at radius 2 is 1.95 bits per heavy atom. The van der Waals surface area contributed by atoms with E-state index >= 15 is 0 Å². The van der Waals surface area contributed by atoms with E-state index in [1.54, 1.807) is 28.9 Å². The van der Waals surface area contributed by atoms with Crippen molar-refractivity contribution in [1.29, 1.82) is 0 Å². The topological polar surface area (TPSA) is 72.9 Å². The second kappa shape index (κ2) is 5.32. The zero-order valence-corrected chi connectivity index (χ0v) is 12.0. The summed E-state index contributed by atoms with van der Waals surface area (Å²) in [6.45, 7) is 3.04. The number of hydrogen-bond donors (Lipinski definition) is 2. The molecule has 2 aliphatic heterocycles. The van der Waals surface area contributed by atoms with Crippen LogP contribution in [0, 0.1) is 5.82 Å². The summed E-state index contributed by atoms with van der Waals surface area (Å²) < 4.78 is 12.9. The quantitative estimate of drug-likeness (QED) is 0.844. The third-order valence-electron chi connectivity index (χ3n) is 3.92. The summed E-state index contributed by atoms with van der Waals surface area (Å²) in [4.78, 5) is 27.4. The van der Waals surface area contributed by atoms with Crippen molar-refractivity contribution in [2.75, 3.05) is 13.1 Å². The van der Waals surface area contributed by atoms with Crippen LogP contribution in [-0.2, 0) is 16.1 Å². The minimum absolute atomic E-state index is 0.0320. The molecule has 6 nitrogen and oxygen atoms in total. The molecule has 2 aliphatic rings. The Balaban J connectivity index is 1.85. The maximum Gasteiger partial charge on any atom is 0.290 e. The molecule has 0 spiro atoms. The Hall–Kier alpha value is -2.57. The molecular weight excluding hydrogens is 289 g/mol. The highest BCUT2D eigenvalue weighted by Crippen LogP contribution is 2.24. The molecule has 2 N–H and O–H groups in total. The lowest BCUT2D eigenvalue weighted by Gasteiger charge is -2.43. The summed E-state index contributed by atoms with van der Waals surface area (Å²) in [7, 11) is 0. The van der Waals surface area contributed by atoms with Gasteiger partial charge in [0, 0.05) is 19.6 Å². The first-order chi connectivity index (χ1) is 10.5. The summed E-state index contributed by atoms with van der Waals surface area (Å²) in [6, 6.07) is 5.89. The minimum Gasteiger partial charge on any atom is -0.501 e. The molecule has 1 fully saturated rings. The van der Waals surface area contributed by atoms with Crippen LogP contribution in [0.1, 0.15) is 12.5 Å². The molecule has 0 aromatic heterocycles. The number of aliphatic hydroxyl groups is 1. The van der Waals surface area contributed by atoms with Gasteiger partial charge < -0.3 is 20.2 Å². The number of piperazine rings is 1. The van der Waals surface area contributed by atoms with E-state index in [1.807, 2.05) is 0 Å². The number of carbonyl (C=O) groups is 2. The Bertz CT molecular complexity index is 657. The summed E-state index contributed by atoms with van der Waals surface area (Å²) in [5, 5.41) is 12.5. The largest absolute Gasteiger partial charge is 0.501 e. The molecular formula is C15H16FN3O3. The molecule has 1 saturated heterocycles. The average Bonchev–Trinajstić information content (AvgIpc) is 2.49. The number of rotatable bonds is 2. The second-order valence-corrected chi connectivity index (χ2v) is 5.39. The van der Waals surface area contributed by atoms with Crippen LogP contribution >= 0.6 is 0 Å². The van der Waals surface area contributed by atoms with Crippen molar-refractivity contribution in [2.45, 2.75) is 19.6 Å². The number of hydrogen-bond acceptors (Lipinski definition) is 4. The lowest BCUT2D eigenvalue weighted by Crippen LogP contribution is -2.59. The molecule has 1 aromatic carbocycles. The lowest BCUT2D eigenvalue weighted by molar-refractivity contribution is -0.137. The van der Waals surface area contributed by atoms with Crippen LogP contribution in [0.3, 0.4) is 0 Å². The molecule has 0 radical (unpaired) electrons. The van der Waals surface area contributed by atoms with Crippen molar-refractivity contribution in [3.8, 4) is 0 Å². The fourth-order valence-corrected chi connectivity index (χ4v) is 2.74. The van der Waals surface area contributed by atoms with Gasteiger partial charge in [-0.1, -0.05) is 12.1 Å². The van der Waals surface area contributed by atoms with Gasteiger partial charge in [-0.05, 0) is 24.6 Å². The highest BCUT2D eigenvalue weighted by Gasteiger charge is 2.39. The third-order valence-corrected chi connectivity index (χ3v) is 3.92. The van der Waals surface area contributed by atoms with Gasteiger partial charge in [0.05, 0.1) is 6.17 Å². The van der Waals surface area contributed by atoms with E-state index in [0.717, 1.165) is 5.56 Å². The molecule has 7 heteroatoms. The Morgan fingerprint density at radius 1 is 1.27 bits per heavy atom. The van der Waals surface area contributed by atoms with Crippen LogP contribution in [-0.4, -0.2) is 46.0 Å². The first-order valence-electron chi connectivity index (χ1n) is 7.02. The Labute approximate surface area is 126 Å². The summed E-state index contributed by atoms with van der Waals surface area (Å²) in [5.41, 5.74) is 0.821. The molecule has 3 rings (SSSR count). The normalized spacial score (nSPS) is 21.8. The number of benzene rings is 1. The maximum atomic E-state index is 12.9. The fourth-order valence-electron chi connectivity index (χ4n) is 2.74. The molecule has 2 heterocycles. The van der Waals surface area contributed by atoms with Crippen molar-refractivity contribution < 1.29 is 19.1 Å². The lowest BCUT2D eigenvalue weighted by atomic mass is 10.1. The first kappa shape index (κ1) is 14.4. The summed E-state index contributed by atoms with van der Waals surface area (Å²) >= 11 is 0. The summed E-state index contributed by atoms with van der Waals surface area (Å²) in [5.74, 6) is -1.92. The average molecular weight is 305 g/mol. The second-order valence-electron chi connectivity index (χ2n) is 5.39. The number of nitrogens with zero attached hydrogens (tertiary/aromatic N) is 2.